The van der Waals surface area contributed by atoms with Crippen molar-refractivity contribution < 1.29 is 14.3 Å². The van der Waals surface area contributed by atoms with E-state index in [1.807, 2.05) is 25.1 Å². The molecule has 5 heteroatoms. The van der Waals surface area contributed by atoms with Gasteiger partial charge in [-0.05, 0) is 26.0 Å². The number of nitrogens with one attached hydrogen (secondary N) is 2. The Kier molecular flexibility index (Phi) is 3.06. The second-order valence-electron chi connectivity index (χ2n) is 5.32. The minimum atomic E-state index is -0.296. The highest BCUT2D eigenvalue weighted by Crippen LogP contribution is 2.35. The van der Waals surface area contributed by atoms with E-state index in [-0.39, 0.29) is 18.1 Å². The second kappa shape index (κ2) is 4.74. The van der Waals surface area contributed by atoms with Crippen LogP contribution in [0.15, 0.2) is 18.2 Å². The smallest absolute Gasteiger partial charge is 0.231 e. The van der Waals surface area contributed by atoms with Crippen molar-refractivity contribution in [1.29, 1.82) is 0 Å². The average Bonchev–Trinajstić information content (AvgIpc) is 3.05. The van der Waals surface area contributed by atoms with Crippen molar-refractivity contribution in [2.45, 2.75) is 19.9 Å². The van der Waals surface area contributed by atoms with Gasteiger partial charge in [-0.1, -0.05) is 12.1 Å². The standard InChI is InChI=1S/C14H18N2O3/c1-14(5-6-15-8-14)13(17)16-7-10-3-2-4-11-12(10)19-9-18-11/h2-4,15H,5-9H2,1H3,(H,16,17). The van der Waals surface area contributed by atoms with Crippen molar-refractivity contribution in [1.82, 2.24) is 10.6 Å². The summed E-state index contributed by atoms with van der Waals surface area (Å²) in [7, 11) is 0. The first-order valence-corrected chi connectivity index (χ1v) is 6.56. The first kappa shape index (κ1) is 12.3. The van der Waals surface area contributed by atoms with Gasteiger partial charge in [0.2, 0.25) is 12.7 Å². The molecule has 1 unspecified atom stereocenters. The van der Waals surface area contributed by atoms with Gasteiger partial charge in [0.1, 0.15) is 0 Å². The van der Waals surface area contributed by atoms with Gasteiger partial charge >= 0.3 is 0 Å². The summed E-state index contributed by atoms with van der Waals surface area (Å²) in [6.07, 6.45) is 0.880. The highest BCUT2D eigenvalue weighted by molar-refractivity contribution is 5.82. The summed E-state index contributed by atoms with van der Waals surface area (Å²) < 4.78 is 10.7. The van der Waals surface area contributed by atoms with Crippen LogP contribution in [0.1, 0.15) is 18.9 Å². The Hall–Kier alpha value is -1.75. The monoisotopic (exact) mass is 262 g/mol. The molecule has 0 aliphatic carbocycles. The van der Waals surface area contributed by atoms with Crippen LogP contribution in [0.5, 0.6) is 11.5 Å². The lowest BCUT2D eigenvalue weighted by atomic mass is 9.89. The molecule has 1 aromatic carbocycles. The largest absolute Gasteiger partial charge is 0.454 e. The van der Waals surface area contributed by atoms with Crippen LogP contribution in [0.2, 0.25) is 0 Å². The van der Waals surface area contributed by atoms with Gasteiger partial charge in [-0.25, -0.2) is 0 Å². The van der Waals surface area contributed by atoms with Crippen molar-refractivity contribution in [2.24, 2.45) is 5.41 Å². The number of amides is 1. The van der Waals surface area contributed by atoms with Crippen LogP contribution in [0.4, 0.5) is 0 Å². The summed E-state index contributed by atoms with van der Waals surface area (Å²) in [4.78, 5) is 12.2. The molecule has 2 heterocycles. The van der Waals surface area contributed by atoms with Gasteiger partial charge in [-0.15, -0.1) is 0 Å². The maximum Gasteiger partial charge on any atom is 0.231 e. The summed E-state index contributed by atoms with van der Waals surface area (Å²) in [5.41, 5.74) is 0.660. The van der Waals surface area contributed by atoms with Gasteiger partial charge in [-0.2, -0.15) is 0 Å². The molecule has 0 bridgehead atoms. The minimum absolute atomic E-state index is 0.0917. The molecule has 1 amide bonds. The predicted molar refractivity (Wildman–Crippen MR) is 70.0 cm³/mol. The van der Waals surface area contributed by atoms with Gasteiger partial charge in [0.05, 0.1) is 5.41 Å². The van der Waals surface area contributed by atoms with Crippen LogP contribution >= 0.6 is 0 Å². The Morgan fingerprint density at radius 3 is 3.16 bits per heavy atom. The number of ether oxygens (including phenoxy) is 2. The number of rotatable bonds is 3. The Morgan fingerprint density at radius 1 is 1.47 bits per heavy atom. The van der Waals surface area contributed by atoms with Crippen LogP contribution < -0.4 is 20.1 Å². The highest BCUT2D eigenvalue weighted by Gasteiger charge is 2.36. The van der Waals surface area contributed by atoms with Gasteiger partial charge in [0, 0.05) is 18.7 Å². The third kappa shape index (κ3) is 2.26. The fraction of sp³-hybridized carbons (Fsp3) is 0.500. The molecule has 0 spiro atoms. The van der Waals surface area contributed by atoms with E-state index in [1.54, 1.807) is 0 Å². The molecular formula is C14H18N2O3. The van der Waals surface area contributed by atoms with Crippen LogP contribution in [0.25, 0.3) is 0 Å². The molecule has 2 aliphatic rings. The lowest BCUT2D eigenvalue weighted by Crippen LogP contribution is -2.40. The van der Waals surface area contributed by atoms with E-state index < -0.39 is 0 Å². The zero-order chi connectivity index (χ0) is 13.3. The van der Waals surface area contributed by atoms with Crippen LogP contribution in [0, 0.1) is 5.41 Å². The van der Waals surface area contributed by atoms with E-state index in [4.69, 9.17) is 9.47 Å². The molecule has 1 aromatic rings. The Labute approximate surface area is 112 Å². The lowest BCUT2D eigenvalue weighted by molar-refractivity contribution is -0.129. The summed E-state index contributed by atoms with van der Waals surface area (Å²) in [6, 6.07) is 5.73. The zero-order valence-corrected chi connectivity index (χ0v) is 11.0. The number of carbonyl (C=O) groups is 1. The molecule has 1 atom stereocenters. The van der Waals surface area contributed by atoms with Gasteiger partial charge in [0.15, 0.2) is 11.5 Å². The third-order valence-corrected chi connectivity index (χ3v) is 3.83. The van der Waals surface area contributed by atoms with Crippen molar-refractivity contribution in [2.75, 3.05) is 19.9 Å². The van der Waals surface area contributed by atoms with E-state index in [1.165, 1.54) is 0 Å². The van der Waals surface area contributed by atoms with Crippen molar-refractivity contribution in [3.8, 4) is 11.5 Å². The Balaban J connectivity index is 1.67. The SMILES string of the molecule is CC1(C(=O)NCc2cccc3c2OCO3)CCNC1. The number of hydrogen-bond acceptors (Lipinski definition) is 4. The Morgan fingerprint density at radius 2 is 2.37 bits per heavy atom. The van der Waals surface area contributed by atoms with Gasteiger partial charge in [0.25, 0.3) is 0 Å². The summed E-state index contributed by atoms with van der Waals surface area (Å²) >= 11 is 0. The molecular weight excluding hydrogens is 244 g/mol. The molecule has 0 saturated carbocycles. The van der Waals surface area contributed by atoms with Crippen molar-refractivity contribution in [3.63, 3.8) is 0 Å². The topological polar surface area (TPSA) is 59.6 Å². The molecule has 2 aliphatic heterocycles. The predicted octanol–water partition coefficient (Wildman–Crippen LogP) is 1.03. The van der Waals surface area contributed by atoms with Gasteiger partial charge in [-0.3, -0.25) is 4.79 Å². The maximum atomic E-state index is 12.2. The quantitative estimate of drug-likeness (QED) is 0.854. The number of carbonyl (C=O) groups excluding carboxylic acids is 1. The minimum Gasteiger partial charge on any atom is -0.454 e. The van der Waals surface area contributed by atoms with Crippen LogP contribution in [0.3, 0.4) is 0 Å². The molecule has 0 radical (unpaired) electrons. The second-order valence-corrected chi connectivity index (χ2v) is 5.32. The normalized spacial score (nSPS) is 24.5. The third-order valence-electron chi connectivity index (χ3n) is 3.83. The van der Waals surface area contributed by atoms with Gasteiger partial charge < -0.3 is 20.1 Å². The van der Waals surface area contributed by atoms with E-state index in [0.717, 1.165) is 36.6 Å². The van der Waals surface area contributed by atoms with Crippen molar-refractivity contribution >= 4 is 5.91 Å². The van der Waals surface area contributed by atoms with Crippen molar-refractivity contribution in [3.05, 3.63) is 23.8 Å². The molecule has 5 nitrogen and oxygen atoms in total. The fourth-order valence-corrected chi connectivity index (χ4v) is 2.53. The van der Waals surface area contributed by atoms with Crippen LogP contribution in [-0.4, -0.2) is 25.8 Å². The summed E-state index contributed by atoms with van der Waals surface area (Å²) in [5.74, 6) is 1.59. The number of benzene rings is 1. The molecule has 1 fully saturated rings. The first-order valence-electron chi connectivity index (χ1n) is 6.56. The molecule has 19 heavy (non-hydrogen) atoms. The number of hydrogen-bond donors (Lipinski definition) is 2. The van der Waals surface area contributed by atoms with E-state index in [0.29, 0.717) is 6.54 Å². The highest BCUT2D eigenvalue weighted by atomic mass is 16.7. The number of para-hydroxylation sites is 1. The molecule has 2 N–H and O–H groups in total. The lowest BCUT2D eigenvalue weighted by Gasteiger charge is -2.21. The van der Waals surface area contributed by atoms with Crippen LogP contribution in [-0.2, 0) is 11.3 Å². The summed E-state index contributed by atoms with van der Waals surface area (Å²) in [6.45, 7) is 4.37. The molecule has 102 valence electrons. The average molecular weight is 262 g/mol. The first-order chi connectivity index (χ1) is 9.19. The van der Waals surface area contributed by atoms with E-state index in [9.17, 15) is 4.79 Å². The van der Waals surface area contributed by atoms with E-state index >= 15 is 0 Å². The molecule has 3 rings (SSSR count). The zero-order valence-electron chi connectivity index (χ0n) is 11.0. The Bertz CT molecular complexity index is 495. The number of fused-ring (bicyclic) bond motifs is 1. The fourth-order valence-electron chi connectivity index (χ4n) is 2.53. The van der Waals surface area contributed by atoms with E-state index in [2.05, 4.69) is 10.6 Å². The maximum absolute atomic E-state index is 12.2. The summed E-state index contributed by atoms with van der Waals surface area (Å²) in [5, 5.41) is 6.22. The molecule has 1 saturated heterocycles. The molecule has 0 aromatic heterocycles.